The highest BCUT2D eigenvalue weighted by molar-refractivity contribution is 5.90. The van der Waals surface area contributed by atoms with Gasteiger partial charge >= 0.3 is 5.97 Å². The number of hydrogen-bond donors (Lipinski definition) is 0. The Labute approximate surface area is 94.7 Å². The number of benzene rings is 1. The van der Waals surface area contributed by atoms with Crippen molar-refractivity contribution < 1.29 is 14.3 Å². The molecule has 2 atom stereocenters. The lowest BCUT2D eigenvalue weighted by molar-refractivity contribution is -0.139. The number of rotatable bonds is 2. The van der Waals surface area contributed by atoms with E-state index in [0.717, 1.165) is 11.3 Å². The first kappa shape index (κ1) is 10.7. The molecule has 1 aromatic carbocycles. The average Bonchev–Trinajstić information content (AvgIpc) is 2.57. The molecule has 0 saturated carbocycles. The minimum atomic E-state index is -0.298. The topological polar surface area (TPSA) is 35.5 Å². The molecule has 16 heavy (non-hydrogen) atoms. The number of esters is 1. The van der Waals surface area contributed by atoms with Crippen LogP contribution in [0.4, 0.5) is 0 Å². The summed E-state index contributed by atoms with van der Waals surface area (Å²) in [5.74, 6) is 0.522. The fourth-order valence-electron chi connectivity index (χ4n) is 1.81. The predicted molar refractivity (Wildman–Crippen MR) is 60.1 cm³/mol. The van der Waals surface area contributed by atoms with Gasteiger partial charge in [-0.1, -0.05) is 25.6 Å². The van der Waals surface area contributed by atoms with E-state index in [9.17, 15) is 4.79 Å². The van der Waals surface area contributed by atoms with Crippen molar-refractivity contribution in [2.45, 2.75) is 13.0 Å². The van der Waals surface area contributed by atoms with Gasteiger partial charge in [-0.15, -0.1) is 0 Å². The van der Waals surface area contributed by atoms with E-state index in [4.69, 9.17) is 9.47 Å². The standard InChI is InChI=1S/C13H14O3/c1-8-9(2)13(14)16-12(8)10-4-6-11(15-3)7-5-10/h4-8,12H,2H2,1,3H3. The summed E-state index contributed by atoms with van der Waals surface area (Å²) in [5.41, 5.74) is 1.51. The molecule has 84 valence electrons. The Morgan fingerprint density at radius 2 is 1.94 bits per heavy atom. The number of methoxy groups -OCH3 is 1. The third kappa shape index (κ3) is 1.69. The Bertz CT molecular complexity index is 419. The molecule has 0 spiro atoms. The maximum absolute atomic E-state index is 11.3. The van der Waals surface area contributed by atoms with E-state index in [1.54, 1.807) is 7.11 Å². The summed E-state index contributed by atoms with van der Waals surface area (Å²) in [7, 11) is 1.62. The van der Waals surface area contributed by atoms with Crippen LogP contribution in [-0.4, -0.2) is 13.1 Å². The van der Waals surface area contributed by atoms with E-state index in [1.165, 1.54) is 0 Å². The van der Waals surface area contributed by atoms with Crippen molar-refractivity contribution in [1.82, 2.24) is 0 Å². The smallest absolute Gasteiger partial charge is 0.334 e. The minimum Gasteiger partial charge on any atom is -0.497 e. The van der Waals surface area contributed by atoms with Crippen molar-refractivity contribution >= 4 is 5.97 Å². The van der Waals surface area contributed by atoms with E-state index in [-0.39, 0.29) is 18.0 Å². The highest BCUT2D eigenvalue weighted by atomic mass is 16.6. The number of hydrogen-bond acceptors (Lipinski definition) is 3. The molecule has 3 heteroatoms. The van der Waals surface area contributed by atoms with Crippen LogP contribution >= 0.6 is 0 Å². The summed E-state index contributed by atoms with van der Waals surface area (Å²) >= 11 is 0. The lowest BCUT2D eigenvalue weighted by Crippen LogP contribution is -2.04. The molecule has 1 saturated heterocycles. The summed E-state index contributed by atoms with van der Waals surface area (Å²) in [6.45, 7) is 5.67. The molecule has 0 amide bonds. The van der Waals surface area contributed by atoms with Gasteiger partial charge in [-0.05, 0) is 17.7 Å². The third-order valence-corrected chi connectivity index (χ3v) is 2.94. The fraction of sp³-hybridized carbons (Fsp3) is 0.308. The normalized spacial score (nSPS) is 24.4. The summed E-state index contributed by atoms with van der Waals surface area (Å²) in [5, 5.41) is 0. The molecule has 0 bridgehead atoms. The molecule has 1 fully saturated rings. The van der Waals surface area contributed by atoms with Crippen LogP contribution in [0.1, 0.15) is 18.6 Å². The van der Waals surface area contributed by atoms with Gasteiger partial charge in [0.15, 0.2) is 0 Å². The van der Waals surface area contributed by atoms with E-state index in [2.05, 4.69) is 6.58 Å². The number of ether oxygens (including phenoxy) is 2. The van der Waals surface area contributed by atoms with Crippen LogP contribution in [0.25, 0.3) is 0 Å². The van der Waals surface area contributed by atoms with Gasteiger partial charge in [-0.2, -0.15) is 0 Å². The van der Waals surface area contributed by atoms with Crippen LogP contribution in [0.5, 0.6) is 5.75 Å². The highest BCUT2D eigenvalue weighted by Gasteiger charge is 2.36. The van der Waals surface area contributed by atoms with Gasteiger partial charge in [-0.3, -0.25) is 0 Å². The largest absolute Gasteiger partial charge is 0.497 e. The van der Waals surface area contributed by atoms with Crippen LogP contribution in [0.3, 0.4) is 0 Å². The van der Waals surface area contributed by atoms with Gasteiger partial charge in [-0.25, -0.2) is 4.79 Å². The Kier molecular flexibility index (Phi) is 2.69. The zero-order valence-corrected chi connectivity index (χ0v) is 9.40. The van der Waals surface area contributed by atoms with Gasteiger partial charge in [0.1, 0.15) is 11.9 Å². The highest BCUT2D eigenvalue weighted by Crippen LogP contribution is 2.37. The molecule has 2 unspecified atom stereocenters. The van der Waals surface area contributed by atoms with Gasteiger partial charge in [0.25, 0.3) is 0 Å². The first-order chi connectivity index (χ1) is 7.63. The number of carbonyl (C=O) groups excluding carboxylic acids is 1. The Hall–Kier alpha value is -1.77. The molecule has 0 N–H and O–H groups in total. The summed E-state index contributed by atoms with van der Waals surface area (Å²) in [6.07, 6.45) is -0.217. The quantitative estimate of drug-likeness (QED) is 0.565. The maximum atomic E-state index is 11.3. The SMILES string of the molecule is C=C1C(=O)OC(c2ccc(OC)cc2)C1C. The second-order valence-corrected chi connectivity index (χ2v) is 3.91. The van der Waals surface area contributed by atoms with Crippen molar-refractivity contribution in [1.29, 1.82) is 0 Å². The molecule has 3 nitrogen and oxygen atoms in total. The minimum absolute atomic E-state index is 0.0286. The number of carbonyl (C=O) groups is 1. The zero-order valence-electron chi connectivity index (χ0n) is 9.40. The summed E-state index contributed by atoms with van der Waals surface area (Å²) < 4.78 is 10.3. The van der Waals surface area contributed by atoms with Gasteiger partial charge < -0.3 is 9.47 Å². The van der Waals surface area contributed by atoms with Gasteiger partial charge in [0.2, 0.25) is 0 Å². The van der Waals surface area contributed by atoms with Gasteiger partial charge in [0, 0.05) is 11.5 Å². The van der Waals surface area contributed by atoms with E-state index in [0.29, 0.717) is 5.57 Å². The summed E-state index contributed by atoms with van der Waals surface area (Å²) in [4.78, 5) is 11.3. The molecule has 1 heterocycles. The monoisotopic (exact) mass is 218 g/mol. The van der Waals surface area contributed by atoms with Crippen molar-refractivity contribution in [3.63, 3.8) is 0 Å². The van der Waals surface area contributed by atoms with Crippen molar-refractivity contribution in [2.75, 3.05) is 7.11 Å². The molecule has 0 radical (unpaired) electrons. The lowest BCUT2D eigenvalue weighted by atomic mass is 9.94. The second-order valence-electron chi connectivity index (χ2n) is 3.91. The molecular formula is C13H14O3. The van der Waals surface area contributed by atoms with Crippen LogP contribution in [0.2, 0.25) is 0 Å². The van der Waals surface area contributed by atoms with Crippen LogP contribution < -0.4 is 4.74 Å². The summed E-state index contributed by atoms with van der Waals surface area (Å²) in [6, 6.07) is 7.53. The van der Waals surface area contributed by atoms with Crippen LogP contribution in [0.15, 0.2) is 36.4 Å². The van der Waals surface area contributed by atoms with Crippen LogP contribution in [0, 0.1) is 5.92 Å². The Morgan fingerprint density at radius 1 is 1.31 bits per heavy atom. The lowest BCUT2D eigenvalue weighted by Gasteiger charge is -2.14. The second kappa shape index (κ2) is 4.00. The predicted octanol–water partition coefficient (Wildman–Crippen LogP) is 2.49. The molecule has 2 rings (SSSR count). The molecule has 1 aliphatic heterocycles. The molecule has 1 aliphatic rings. The molecule has 0 aliphatic carbocycles. The van der Waals surface area contributed by atoms with E-state index in [1.807, 2.05) is 31.2 Å². The van der Waals surface area contributed by atoms with Gasteiger partial charge in [0.05, 0.1) is 7.11 Å². The third-order valence-electron chi connectivity index (χ3n) is 2.94. The Morgan fingerprint density at radius 3 is 2.38 bits per heavy atom. The first-order valence-corrected chi connectivity index (χ1v) is 5.17. The number of cyclic esters (lactones) is 1. The molecule has 0 aromatic heterocycles. The Balaban J connectivity index is 2.25. The van der Waals surface area contributed by atoms with Crippen LogP contribution in [-0.2, 0) is 9.53 Å². The molecule has 1 aromatic rings. The fourth-order valence-corrected chi connectivity index (χ4v) is 1.81. The molecular weight excluding hydrogens is 204 g/mol. The maximum Gasteiger partial charge on any atom is 0.334 e. The van der Waals surface area contributed by atoms with Crippen molar-refractivity contribution in [2.24, 2.45) is 5.92 Å². The van der Waals surface area contributed by atoms with E-state index < -0.39 is 0 Å². The average molecular weight is 218 g/mol. The zero-order chi connectivity index (χ0) is 11.7. The van der Waals surface area contributed by atoms with E-state index >= 15 is 0 Å². The first-order valence-electron chi connectivity index (χ1n) is 5.17. The van der Waals surface area contributed by atoms with Crippen molar-refractivity contribution in [3.8, 4) is 5.75 Å². The van der Waals surface area contributed by atoms with Crippen molar-refractivity contribution in [3.05, 3.63) is 42.0 Å².